The first-order chi connectivity index (χ1) is 6.55. The molecule has 3 nitrogen and oxygen atoms in total. The molecule has 0 unspecified atom stereocenters. The third-order valence-corrected chi connectivity index (χ3v) is 3.11. The predicted octanol–water partition coefficient (Wildman–Crippen LogP) is 1.98. The van der Waals surface area contributed by atoms with Crippen LogP contribution in [0.3, 0.4) is 0 Å². The Hall–Kier alpha value is -0.900. The number of pyridine rings is 1. The fraction of sp³-hybridized carbons (Fsp3) is 0.400. The van der Waals surface area contributed by atoms with E-state index in [2.05, 4.69) is 26.2 Å². The molecule has 76 valence electrons. The molecule has 0 aliphatic rings. The van der Waals surface area contributed by atoms with E-state index in [9.17, 15) is 4.79 Å². The SMILES string of the molecule is CC(C)(CBr)NC(=O)c1cccnc1. The molecule has 0 bridgehead atoms. The van der Waals surface area contributed by atoms with Gasteiger partial charge in [0.1, 0.15) is 0 Å². The predicted molar refractivity (Wildman–Crippen MR) is 59.6 cm³/mol. The molecule has 0 atom stereocenters. The van der Waals surface area contributed by atoms with E-state index in [1.54, 1.807) is 24.5 Å². The third kappa shape index (κ3) is 3.10. The van der Waals surface area contributed by atoms with Gasteiger partial charge in [0.05, 0.1) is 5.56 Å². The molecule has 0 fully saturated rings. The topological polar surface area (TPSA) is 42.0 Å². The van der Waals surface area contributed by atoms with Crippen molar-refractivity contribution in [2.45, 2.75) is 19.4 Å². The van der Waals surface area contributed by atoms with Gasteiger partial charge >= 0.3 is 0 Å². The summed E-state index contributed by atoms with van der Waals surface area (Å²) in [6, 6.07) is 3.49. The van der Waals surface area contributed by atoms with Gasteiger partial charge in [0.15, 0.2) is 0 Å². The van der Waals surface area contributed by atoms with Gasteiger partial charge in [0.25, 0.3) is 5.91 Å². The number of amides is 1. The number of nitrogens with zero attached hydrogens (tertiary/aromatic N) is 1. The second-order valence-corrected chi connectivity index (χ2v) is 4.27. The minimum absolute atomic E-state index is 0.0949. The molecule has 4 heteroatoms. The molecule has 1 aromatic heterocycles. The fourth-order valence-corrected chi connectivity index (χ4v) is 1.05. The highest BCUT2D eigenvalue weighted by Gasteiger charge is 2.19. The first-order valence-corrected chi connectivity index (χ1v) is 5.46. The van der Waals surface area contributed by atoms with Crippen molar-refractivity contribution in [2.75, 3.05) is 5.33 Å². The van der Waals surface area contributed by atoms with Crippen LogP contribution in [0.4, 0.5) is 0 Å². The van der Waals surface area contributed by atoms with Crippen molar-refractivity contribution in [1.29, 1.82) is 0 Å². The second-order valence-electron chi connectivity index (χ2n) is 3.71. The van der Waals surface area contributed by atoms with Crippen molar-refractivity contribution in [3.63, 3.8) is 0 Å². The summed E-state index contributed by atoms with van der Waals surface area (Å²) in [6.45, 7) is 3.91. The lowest BCUT2D eigenvalue weighted by Gasteiger charge is -2.23. The molecule has 14 heavy (non-hydrogen) atoms. The van der Waals surface area contributed by atoms with Gasteiger partial charge in [-0.05, 0) is 26.0 Å². The molecule has 0 radical (unpaired) electrons. The zero-order chi connectivity index (χ0) is 10.6. The lowest BCUT2D eigenvalue weighted by atomic mass is 10.1. The molecule has 1 heterocycles. The highest BCUT2D eigenvalue weighted by Crippen LogP contribution is 2.07. The molecule has 0 spiro atoms. The number of carbonyl (C=O) groups is 1. The summed E-state index contributed by atoms with van der Waals surface area (Å²) in [7, 11) is 0. The standard InChI is InChI=1S/C10H13BrN2O/c1-10(2,7-11)13-9(14)8-4-3-5-12-6-8/h3-6H,7H2,1-2H3,(H,13,14). The van der Waals surface area contributed by atoms with E-state index in [0.29, 0.717) is 10.9 Å². The molecule has 0 aliphatic carbocycles. The Kier molecular flexibility index (Phi) is 3.63. The number of halogens is 1. The van der Waals surface area contributed by atoms with Gasteiger partial charge in [0, 0.05) is 23.3 Å². The second kappa shape index (κ2) is 4.55. The van der Waals surface area contributed by atoms with Gasteiger partial charge in [-0.1, -0.05) is 15.9 Å². The third-order valence-electron chi connectivity index (χ3n) is 1.71. The maximum absolute atomic E-state index is 11.6. The lowest BCUT2D eigenvalue weighted by molar-refractivity contribution is 0.0921. The number of aromatic nitrogens is 1. The van der Waals surface area contributed by atoms with Crippen LogP contribution in [0, 0.1) is 0 Å². The van der Waals surface area contributed by atoms with E-state index in [1.807, 2.05) is 13.8 Å². The van der Waals surface area contributed by atoms with Gasteiger partial charge in [0.2, 0.25) is 0 Å². The Morgan fingerprint density at radius 3 is 2.86 bits per heavy atom. The Bertz CT molecular complexity index is 311. The summed E-state index contributed by atoms with van der Waals surface area (Å²) in [6.07, 6.45) is 3.20. The Balaban J connectivity index is 2.69. The molecular weight excluding hydrogens is 244 g/mol. The minimum Gasteiger partial charge on any atom is -0.346 e. The smallest absolute Gasteiger partial charge is 0.253 e. The molecule has 0 saturated carbocycles. The van der Waals surface area contributed by atoms with Crippen LogP contribution in [0.5, 0.6) is 0 Å². The molecule has 1 rings (SSSR count). The minimum atomic E-state index is -0.243. The van der Waals surface area contributed by atoms with Gasteiger partial charge in [-0.2, -0.15) is 0 Å². The van der Waals surface area contributed by atoms with Crippen molar-refractivity contribution in [3.8, 4) is 0 Å². The van der Waals surface area contributed by atoms with Crippen LogP contribution in [-0.4, -0.2) is 21.8 Å². The molecule has 1 aromatic rings. The van der Waals surface area contributed by atoms with Crippen molar-refractivity contribution in [1.82, 2.24) is 10.3 Å². The van der Waals surface area contributed by atoms with Crippen LogP contribution in [-0.2, 0) is 0 Å². The van der Waals surface area contributed by atoms with E-state index < -0.39 is 0 Å². The van der Waals surface area contributed by atoms with E-state index in [4.69, 9.17) is 0 Å². The largest absolute Gasteiger partial charge is 0.346 e. The van der Waals surface area contributed by atoms with Gasteiger partial charge in [-0.25, -0.2) is 0 Å². The van der Waals surface area contributed by atoms with E-state index in [1.165, 1.54) is 0 Å². The number of hydrogen-bond donors (Lipinski definition) is 1. The van der Waals surface area contributed by atoms with Crippen LogP contribution < -0.4 is 5.32 Å². The summed E-state index contributed by atoms with van der Waals surface area (Å²) in [5.74, 6) is -0.0949. The average Bonchev–Trinajstić information content (AvgIpc) is 2.19. The summed E-state index contributed by atoms with van der Waals surface area (Å²) >= 11 is 3.34. The lowest BCUT2D eigenvalue weighted by Crippen LogP contribution is -2.44. The van der Waals surface area contributed by atoms with Crippen molar-refractivity contribution >= 4 is 21.8 Å². The number of rotatable bonds is 3. The van der Waals surface area contributed by atoms with E-state index in [-0.39, 0.29) is 11.4 Å². The fourth-order valence-electron chi connectivity index (χ4n) is 0.910. The summed E-state index contributed by atoms with van der Waals surface area (Å²) in [5.41, 5.74) is 0.342. The first kappa shape index (κ1) is 11.2. The molecule has 0 saturated heterocycles. The zero-order valence-corrected chi connectivity index (χ0v) is 9.84. The van der Waals surface area contributed by atoms with Crippen LogP contribution in [0.25, 0.3) is 0 Å². The quantitative estimate of drug-likeness (QED) is 0.841. The van der Waals surface area contributed by atoms with Gasteiger partial charge in [-0.3, -0.25) is 9.78 Å². The maximum Gasteiger partial charge on any atom is 0.253 e. The first-order valence-electron chi connectivity index (χ1n) is 4.34. The van der Waals surface area contributed by atoms with Crippen molar-refractivity contribution in [2.24, 2.45) is 0 Å². The van der Waals surface area contributed by atoms with Crippen LogP contribution >= 0.6 is 15.9 Å². The van der Waals surface area contributed by atoms with E-state index >= 15 is 0 Å². The summed E-state index contributed by atoms with van der Waals surface area (Å²) in [4.78, 5) is 15.5. The average molecular weight is 257 g/mol. The van der Waals surface area contributed by atoms with E-state index in [0.717, 1.165) is 0 Å². The van der Waals surface area contributed by atoms with Crippen molar-refractivity contribution < 1.29 is 4.79 Å². The molecule has 0 aliphatic heterocycles. The highest BCUT2D eigenvalue weighted by atomic mass is 79.9. The molecule has 1 N–H and O–H groups in total. The number of carbonyl (C=O) groups excluding carboxylic acids is 1. The van der Waals surface area contributed by atoms with Crippen molar-refractivity contribution in [3.05, 3.63) is 30.1 Å². The summed E-state index contributed by atoms with van der Waals surface area (Å²) < 4.78 is 0. The number of nitrogens with one attached hydrogen (secondary N) is 1. The Labute approximate surface area is 92.1 Å². The maximum atomic E-state index is 11.6. The highest BCUT2D eigenvalue weighted by molar-refractivity contribution is 9.09. The van der Waals surface area contributed by atoms with Crippen LogP contribution in [0.1, 0.15) is 24.2 Å². The molecular formula is C10H13BrN2O. The van der Waals surface area contributed by atoms with Gasteiger partial charge < -0.3 is 5.32 Å². The molecule has 0 aromatic carbocycles. The zero-order valence-electron chi connectivity index (χ0n) is 8.25. The van der Waals surface area contributed by atoms with Crippen LogP contribution in [0.15, 0.2) is 24.5 Å². The normalized spacial score (nSPS) is 11.1. The number of alkyl halides is 1. The molecule has 1 amide bonds. The number of hydrogen-bond acceptors (Lipinski definition) is 2. The van der Waals surface area contributed by atoms with Gasteiger partial charge in [-0.15, -0.1) is 0 Å². The Morgan fingerprint density at radius 1 is 1.64 bits per heavy atom. The summed E-state index contributed by atoms with van der Waals surface area (Å²) in [5, 5.41) is 3.61. The van der Waals surface area contributed by atoms with Crippen LogP contribution in [0.2, 0.25) is 0 Å². The monoisotopic (exact) mass is 256 g/mol. The Morgan fingerprint density at radius 2 is 2.36 bits per heavy atom.